The summed E-state index contributed by atoms with van der Waals surface area (Å²) >= 11 is 0. The topological polar surface area (TPSA) is 54.9 Å². The fourth-order valence-corrected chi connectivity index (χ4v) is 1.72. The van der Waals surface area contributed by atoms with Gasteiger partial charge in [-0.25, -0.2) is 4.99 Å². The lowest BCUT2D eigenvalue weighted by molar-refractivity contribution is 0.145. The Morgan fingerprint density at radius 1 is 1.10 bits per heavy atom. The minimum absolute atomic E-state index is 0.658. The van der Waals surface area contributed by atoms with Crippen LogP contribution in [-0.4, -0.2) is 46.0 Å². The zero-order valence-corrected chi connectivity index (χ0v) is 13.1. The summed E-state index contributed by atoms with van der Waals surface area (Å²) in [5.74, 6) is 0.812. The van der Waals surface area contributed by atoms with E-state index in [4.69, 9.17) is 9.47 Å². The van der Waals surface area contributed by atoms with Crippen LogP contribution in [0.5, 0.6) is 0 Å². The van der Waals surface area contributed by atoms with Gasteiger partial charge in [-0.05, 0) is 18.9 Å². The molecule has 0 aromatic heterocycles. The van der Waals surface area contributed by atoms with Crippen molar-refractivity contribution >= 4 is 5.96 Å². The van der Waals surface area contributed by atoms with Crippen LogP contribution in [0.3, 0.4) is 0 Å². The molecule has 1 aromatic carbocycles. The summed E-state index contributed by atoms with van der Waals surface area (Å²) in [5.41, 5.74) is 1.19. The Labute approximate surface area is 127 Å². The summed E-state index contributed by atoms with van der Waals surface area (Å²) in [5, 5.41) is 6.57. The second-order valence-electron chi connectivity index (χ2n) is 4.55. The number of hydrogen-bond donors (Lipinski definition) is 2. The highest BCUT2D eigenvalue weighted by atomic mass is 16.5. The molecule has 0 aliphatic carbocycles. The SMILES string of the molecule is CCOCCCNC(=NCc1ccccc1)NCCOC. The third-order valence-electron chi connectivity index (χ3n) is 2.82. The molecule has 118 valence electrons. The van der Waals surface area contributed by atoms with E-state index in [0.29, 0.717) is 13.2 Å². The van der Waals surface area contributed by atoms with Crippen molar-refractivity contribution in [2.24, 2.45) is 4.99 Å². The van der Waals surface area contributed by atoms with Gasteiger partial charge < -0.3 is 20.1 Å². The predicted molar refractivity (Wildman–Crippen MR) is 86.6 cm³/mol. The molecule has 5 heteroatoms. The molecule has 1 rings (SSSR count). The first-order chi connectivity index (χ1) is 10.4. The minimum Gasteiger partial charge on any atom is -0.383 e. The molecule has 0 saturated heterocycles. The summed E-state index contributed by atoms with van der Waals surface area (Å²) in [7, 11) is 1.69. The number of aliphatic imine (C=N–C) groups is 1. The highest BCUT2D eigenvalue weighted by Crippen LogP contribution is 1.99. The summed E-state index contributed by atoms with van der Waals surface area (Å²) in [6, 6.07) is 10.2. The first kappa shape index (κ1) is 17.5. The number of benzene rings is 1. The Morgan fingerprint density at radius 2 is 1.86 bits per heavy atom. The molecular weight excluding hydrogens is 266 g/mol. The van der Waals surface area contributed by atoms with Gasteiger partial charge in [-0.15, -0.1) is 0 Å². The second kappa shape index (κ2) is 12.2. The van der Waals surface area contributed by atoms with E-state index in [0.717, 1.165) is 38.7 Å². The van der Waals surface area contributed by atoms with Gasteiger partial charge in [0.2, 0.25) is 0 Å². The molecule has 21 heavy (non-hydrogen) atoms. The van der Waals surface area contributed by atoms with Crippen LogP contribution in [0.25, 0.3) is 0 Å². The third-order valence-corrected chi connectivity index (χ3v) is 2.82. The van der Waals surface area contributed by atoms with Crippen LogP contribution in [0.2, 0.25) is 0 Å². The Bertz CT molecular complexity index is 382. The highest BCUT2D eigenvalue weighted by molar-refractivity contribution is 5.79. The van der Waals surface area contributed by atoms with Crippen LogP contribution < -0.4 is 10.6 Å². The van der Waals surface area contributed by atoms with E-state index in [9.17, 15) is 0 Å². The van der Waals surface area contributed by atoms with E-state index in [-0.39, 0.29) is 0 Å². The number of hydrogen-bond acceptors (Lipinski definition) is 3. The Balaban J connectivity index is 2.38. The van der Waals surface area contributed by atoms with Gasteiger partial charge in [0.25, 0.3) is 0 Å². The quantitative estimate of drug-likeness (QED) is 0.392. The van der Waals surface area contributed by atoms with Crippen LogP contribution in [0.1, 0.15) is 18.9 Å². The van der Waals surface area contributed by atoms with E-state index < -0.39 is 0 Å². The maximum atomic E-state index is 5.32. The van der Waals surface area contributed by atoms with Crippen LogP contribution in [-0.2, 0) is 16.0 Å². The lowest BCUT2D eigenvalue weighted by atomic mass is 10.2. The molecule has 0 saturated carbocycles. The number of rotatable bonds is 10. The molecule has 0 spiro atoms. The molecule has 2 N–H and O–H groups in total. The van der Waals surface area contributed by atoms with E-state index >= 15 is 0 Å². The Kier molecular flexibility index (Phi) is 10.1. The van der Waals surface area contributed by atoms with Gasteiger partial charge >= 0.3 is 0 Å². The molecule has 0 unspecified atom stereocenters. The van der Waals surface area contributed by atoms with E-state index in [1.165, 1.54) is 5.56 Å². The molecular formula is C16H27N3O2. The molecule has 0 radical (unpaired) electrons. The normalized spacial score (nSPS) is 11.4. The summed E-state index contributed by atoms with van der Waals surface area (Å²) in [4.78, 5) is 4.58. The predicted octanol–water partition coefficient (Wildman–Crippen LogP) is 1.79. The van der Waals surface area contributed by atoms with Crippen molar-refractivity contribution in [3.05, 3.63) is 35.9 Å². The Morgan fingerprint density at radius 3 is 2.57 bits per heavy atom. The molecule has 0 atom stereocenters. The van der Waals surface area contributed by atoms with Gasteiger partial charge in [-0.3, -0.25) is 0 Å². The van der Waals surface area contributed by atoms with Crippen molar-refractivity contribution < 1.29 is 9.47 Å². The van der Waals surface area contributed by atoms with Crippen molar-refractivity contribution in [3.8, 4) is 0 Å². The van der Waals surface area contributed by atoms with Crippen LogP contribution >= 0.6 is 0 Å². The Hall–Kier alpha value is -1.59. The number of guanidine groups is 1. The first-order valence-corrected chi connectivity index (χ1v) is 7.49. The summed E-state index contributed by atoms with van der Waals surface area (Å²) < 4.78 is 10.4. The van der Waals surface area contributed by atoms with Crippen LogP contribution in [0, 0.1) is 0 Å². The number of methoxy groups -OCH3 is 1. The molecule has 0 aliphatic heterocycles. The summed E-state index contributed by atoms with van der Waals surface area (Å²) in [6.07, 6.45) is 0.962. The maximum Gasteiger partial charge on any atom is 0.191 e. The van der Waals surface area contributed by atoms with E-state index in [1.54, 1.807) is 7.11 Å². The third kappa shape index (κ3) is 9.05. The van der Waals surface area contributed by atoms with Gasteiger partial charge in [-0.2, -0.15) is 0 Å². The average Bonchev–Trinajstić information content (AvgIpc) is 2.53. The van der Waals surface area contributed by atoms with Gasteiger partial charge in [0.1, 0.15) is 0 Å². The van der Waals surface area contributed by atoms with Crippen molar-refractivity contribution in [2.75, 3.05) is 40.0 Å². The standard InChI is InChI=1S/C16H27N3O2/c1-3-21-12-7-10-17-16(18-11-13-20-2)19-14-15-8-5-4-6-9-15/h4-6,8-9H,3,7,10-14H2,1-2H3,(H2,17,18,19). The lowest BCUT2D eigenvalue weighted by Crippen LogP contribution is -2.39. The van der Waals surface area contributed by atoms with E-state index in [1.807, 2.05) is 25.1 Å². The van der Waals surface area contributed by atoms with Crippen molar-refractivity contribution in [1.29, 1.82) is 0 Å². The maximum absolute atomic E-state index is 5.32. The average molecular weight is 293 g/mol. The summed E-state index contributed by atoms with van der Waals surface area (Å²) in [6.45, 7) is 6.44. The zero-order valence-electron chi connectivity index (χ0n) is 13.1. The van der Waals surface area contributed by atoms with Gasteiger partial charge in [0, 0.05) is 33.4 Å². The molecule has 5 nitrogen and oxygen atoms in total. The second-order valence-corrected chi connectivity index (χ2v) is 4.55. The molecule has 0 fully saturated rings. The first-order valence-electron chi connectivity index (χ1n) is 7.49. The monoisotopic (exact) mass is 293 g/mol. The molecule has 0 heterocycles. The van der Waals surface area contributed by atoms with Crippen molar-refractivity contribution in [2.45, 2.75) is 19.9 Å². The van der Waals surface area contributed by atoms with Gasteiger partial charge in [-0.1, -0.05) is 30.3 Å². The zero-order chi connectivity index (χ0) is 15.2. The van der Waals surface area contributed by atoms with Crippen LogP contribution in [0.4, 0.5) is 0 Å². The minimum atomic E-state index is 0.658. The molecule has 0 bridgehead atoms. The number of ether oxygens (including phenoxy) is 2. The fraction of sp³-hybridized carbons (Fsp3) is 0.562. The smallest absolute Gasteiger partial charge is 0.191 e. The number of nitrogens with zero attached hydrogens (tertiary/aromatic N) is 1. The largest absolute Gasteiger partial charge is 0.383 e. The fourth-order valence-electron chi connectivity index (χ4n) is 1.72. The van der Waals surface area contributed by atoms with Gasteiger partial charge in [0.15, 0.2) is 5.96 Å². The van der Waals surface area contributed by atoms with Crippen LogP contribution in [0.15, 0.2) is 35.3 Å². The van der Waals surface area contributed by atoms with Gasteiger partial charge in [0.05, 0.1) is 13.2 Å². The lowest BCUT2D eigenvalue weighted by Gasteiger charge is -2.12. The van der Waals surface area contributed by atoms with E-state index in [2.05, 4.69) is 27.8 Å². The molecule has 1 aromatic rings. The highest BCUT2D eigenvalue weighted by Gasteiger charge is 1.98. The molecule has 0 amide bonds. The molecule has 0 aliphatic rings. The van der Waals surface area contributed by atoms with Crippen molar-refractivity contribution in [3.63, 3.8) is 0 Å². The number of nitrogens with one attached hydrogen (secondary N) is 2. The van der Waals surface area contributed by atoms with Crippen molar-refractivity contribution in [1.82, 2.24) is 10.6 Å².